The fraction of sp³-hybridized carbons (Fsp3) is 0.417. The largest absolute Gasteiger partial charge is 0.197 e. The highest BCUT2D eigenvalue weighted by molar-refractivity contribution is 9.10. The van der Waals surface area contributed by atoms with Crippen molar-refractivity contribution >= 4 is 27.7 Å². The van der Waals surface area contributed by atoms with Gasteiger partial charge in [-0.15, -0.1) is 11.8 Å². The number of hydrogen-bond donors (Lipinski definition) is 0. The van der Waals surface area contributed by atoms with E-state index >= 15 is 0 Å². The van der Waals surface area contributed by atoms with Crippen molar-refractivity contribution in [2.45, 2.75) is 29.4 Å². The van der Waals surface area contributed by atoms with Gasteiger partial charge in [0.2, 0.25) is 0 Å². The van der Waals surface area contributed by atoms with Crippen LogP contribution in [0.4, 0.5) is 0 Å². The fourth-order valence-electron chi connectivity index (χ4n) is 1.78. The minimum absolute atomic E-state index is 0.180. The van der Waals surface area contributed by atoms with Gasteiger partial charge in [0.1, 0.15) is 4.75 Å². The molecule has 3 heteroatoms. The maximum Gasteiger partial charge on any atom is 0.110 e. The van der Waals surface area contributed by atoms with E-state index in [9.17, 15) is 5.26 Å². The van der Waals surface area contributed by atoms with E-state index < -0.39 is 0 Å². The van der Waals surface area contributed by atoms with Gasteiger partial charge >= 0.3 is 0 Å². The van der Waals surface area contributed by atoms with E-state index in [4.69, 9.17) is 0 Å². The second-order valence-corrected chi connectivity index (χ2v) is 6.32. The monoisotopic (exact) mass is 281 g/mol. The lowest BCUT2D eigenvalue weighted by Gasteiger charge is -2.41. The second kappa shape index (κ2) is 4.19. The van der Waals surface area contributed by atoms with Crippen LogP contribution in [-0.4, -0.2) is 4.75 Å². The van der Waals surface area contributed by atoms with E-state index in [1.54, 1.807) is 11.8 Å². The lowest BCUT2D eigenvalue weighted by atomic mass is 9.75. The van der Waals surface area contributed by atoms with Gasteiger partial charge in [0.15, 0.2) is 0 Å². The van der Waals surface area contributed by atoms with Crippen LogP contribution in [0.2, 0.25) is 0 Å². The van der Waals surface area contributed by atoms with Gasteiger partial charge in [-0.25, -0.2) is 0 Å². The maximum atomic E-state index is 9.26. The first-order valence-electron chi connectivity index (χ1n) is 5.02. The fourth-order valence-corrected chi connectivity index (χ4v) is 3.66. The predicted octanol–water partition coefficient (Wildman–Crippen LogP) is 4.23. The number of rotatable bonds is 2. The number of halogens is 1. The van der Waals surface area contributed by atoms with E-state index in [0.717, 1.165) is 10.9 Å². The molecule has 0 heterocycles. The summed E-state index contributed by atoms with van der Waals surface area (Å²) >= 11 is 5.16. The van der Waals surface area contributed by atoms with E-state index in [-0.39, 0.29) is 4.75 Å². The van der Waals surface area contributed by atoms with Crippen molar-refractivity contribution in [1.29, 1.82) is 5.26 Å². The molecule has 1 aliphatic carbocycles. The standard InChI is InChI=1S/C12H12BrNS/c1-9-5-6-12(9,8-14)15-11-4-2-3-10(13)7-11/h2-4,7,9H,5-6H2,1H3. The summed E-state index contributed by atoms with van der Waals surface area (Å²) in [5.41, 5.74) is 0. The molecule has 2 atom stereocenters. The smallest absolute Gasteiger partial charge is 0.110 e. The zero-order valence-electron chi connectivity index (χ0n) is 8.53. The van der Waals surface area contributed by atoms with Crippen molar-refractivity contribution in [2.24, 2.45) is 5.92 Å². The molecule has 1 aromatic rings. The molecule has 0 amide bonds. The summed E-state index contributed by atoms with van der Waals surface area (Å²) in [5.74, 6) is 0.506. The predicted molar refractivity (Wildman–Crippen MR) is 66.7 cm³/mol. The van der Waals surface area contributed by atoms with Crippen LogP contribution in [0.25, 0.3) is 0 Å². The summed E-state index contributed by atoms with van der Waals surface area (Å²) in [5, 5.41) is 9.26. The summed E-state index contributed by atoms with van der Waals surface area (Å²) < 4.78 is 0.897. The van der Waals surface area contributed by atoms with E-state index in [1.165, 1.54) is 11.3 Å². The van der Waals surface area contributed by atoms with Crippen LogP contribution >= 0.6 is 27.7 Å². The molecule has 0 N–H and O–H groups in total. The molecule has 78 valence electrons. The van der Waals surface area contributed by atoms with Crippen LogP contribution in [0, 0.1) is 17.2 Å². The summed E-state index contributed by atoms with van der Waals surface area (Å²) in [6.07, 6.45) is 2.19. The molecule has 0 saturated heterocycles. The van der Waals surface area contributed by atoms with Crippen LogP contribution in [0.3, 0.4) is 0 Å². The van der Waals surface area contributed by atoms with Gasteiger partial charge < -0.3 is 0 Å². The lowest BCUT2D eigenvalue weighted by molar-refractivity contribution is 0.297. The zero-order chi connectivity index (χ0) is 10.9. The lowest BCUT2D eigenvalue weighted by Crippen LogP contribution is -2.40. The van der Waals surface area contributed by atoms with Crippen molar-refractivity contribution in [3.63, 3.8) is 0 Å². The van der Waals surface area contributed by atoms with E-state index in [0.29, 0.717) is 5.92 Å². The quantitative estimate of drug-likeness (QED) is 0.810. The molecular weight excluding hydrogens is 270 g/mol. The number of nitriles is 1. The van der Waals surface area contributed by atoms with Crippen molar-refractivity contribution in [1.82, 2.24) is 0 Å². The molecule has 1 saturated carbocycles. The van der Waals surface area contributed by atoms with Crippen molar-refractivity contribution in [3.8, 4) is 6.07 Å². The van der Waals surface area contributed by atoms with Crippen LogP contribution in [0.15, 0.2) is 33.6 Å². The highest BCUT2D eigenvalue weighted by Crippen LogP contribution is 2.51. The minimum Gasteiger partial charge on any atom is -0.197 e. The second-order valence-electron chi connectivity index (χ2n) is 4.00. The first-order chi connectivity index (χ1) is 7.16. The number of hydrogen-bond acceptors (Lipinski definition) is 2. The summed E-state index contributed by atoms with van der Waals surface area (Å²) in [6, 6.07) is 10.6. The Labute approximate surface area is 103 Å². The molecule has 15 heavy (non-hydrogen) atoms. The highest BCUT2D eigenvalue weighted by atomic mass is 79.9. The first kappa shape index (κ1) is 11.0. The normalized spacial score (nSPS) is 29.3. The maximum absolute atomic E-state index is 9.26. The van der Waals surface area contributed by atoms with Crippen LogP contribution in [0.5, 0.6) is 0 Å². The minimum atomic E-state index is -0.180. The third kappa shape index (κ3) is 2.07. The molecule has 2 rings (SSSR count). The van der Waals surface area contributed by atoms with Gasteiger partial charge in [0.05, 0.1) is 6.07 Å². The number of benzene rings is 1. The van der Waals surface area contributed by atoms with Crippen molar-refractivity contribution < 1.29 is 0 Å². The average molecular weight is 282 g/mol. The first-order valence-corrected chi connectivity index (χ1v) is 6.63. The third-order valence-electron chi connectivity index (χ3n) is 3.03. The van der Waals surface area contributed by atoms with Gasteiger partial charge in [-0.2, -0.15) is 5.26 Å². The Morgan fingerprint density at radius 1 is 1.60 bits per heavy atom. The topological polar surface area (TPSA) is 23.8 Å². The summed E-state index contributed by atoms with van der Waals surface area (Å²) in [7, 11) is 0. The highest BCUT2D eigenvalue weighted by Gasteiger charge is 2.45. The Morgan fingerprint density at radius 3 is 2.87 bits per heavy atom. The van der Waals surface area contributed by atoms with E-state index in [1.807, 2.05) is 12.1 Å². The Morgan fingerprint density at radius 2 is 2.40 bits per heavy atom. The Hall–Kier alpha value is -0.460. The van der Waals surface area contributed by atoms with Crippen LogP contribution in [0.1, 0.15) is 19.8 Å². The summed E-state index contributed by atoms with van der Waals surface area (Å²) in [6.45, 7) is 2.16. The third-order valence-corrected chi connectivity index (χ3v) is 5.08. The molecule has 0 bridgehead atoms. The Balaban J connectivity index is 2.18. The van der Waals surface area contributed by atoms with Gasteiger partial charge in [-0.05, 0) is 37.0 Å². The molecule has 2 unspecified atom stereocenters. The van der Waals surface area contributed by atoms with Crippen molar-refractivity contribution in [2.75, 3.05) is 0 Å². The van der Waals surface area contributed by atoms with Crippen LogP contribution < -0.4 is 0 Å². The molecule has 0 aliphatic heterocycles. The van der Waals surface area contributed by atoms with E-state index in [2.05, 4.69) is 41.1 Å². The Kier molecular flexibility index (Phi) is 3.08. The van der Waals surface area contributed by atoms with Crippen LogP contribution in [-0.2, 0) is 0 Å². The molecule has 1 aromatic carbocycles. The molecular formula is C12H12BrNS. The molecule has 0 aromatic heterocycles. The number of thioether (sulfide) groups is 1. The number of nitrogens with zero attached hydrogens (tertiary/aromatic N) is 1. The molecule has 1 aliphatic rings. The van der Waals surface area contributed by atoms with Gasteiger partial charge in [0, 0.05) is 9.37 Å². The van der Waals surface area contributed by atoms with Crippen molar-refractivity contribution in [3.05, 3.63) is 28.7 Å². The zero-order valence-corrected chi connectivity index (χ0v) is 10.9. The SMILES string of the molecule is CC1CCC1(C#N)Sc1cccc(Br)c1. The van der Waals surface area contributed by atoms with Gasteiger partial charge in [-0.3, -0.25) is 0 Å². The Bertz CT molecular complexity index is 412. The van der Waals surface area contributed by atoms with Gasteiger partial charge in [-0.1, -0.05) is 28.9 Å². The van der Waals surface area contributed by atoms with Gasteiger partial charge in [0.25, 0.3) is 0 Å². The summed E-state index contributed by atoms with van der Waals surface area (Å²) in [4.78, 5) is 1.18. The molecule has 0 spiro atoms. The molecule has 1 fully saturated rings. The molecule has 1 nitrogen and oxygen atoms in total. The average Bonchev–Trinajstić information content (AvgIpc) is 2.24. The molecule has 0 radical (unpaired) electrons.